The zero-order valence-corrected chi connectivity index (χ0v) is 8.29. The second-order valence-electron chi connectivity index (χ2n) is 3.71. The van der Waals surface area contributed by atoms with Crippen molar-refractivity contribution >= 4 is 12.1 Å². The lowest BCUT2D eigenvalue weighted by Gasteiger charge is -2.23. The van der Waals surface area contributed by atoms with Crippen molar-refractivity contribution in [2.24, 2.45) is 16.6 Å². The molecule has 0 amide bonds. The first-order valence-corrected chi connectivity index (χ1v) is 4.19. The first kappa shape index (κ1) is 11.1. The van der Waals surface area contributed by atoms with Gasteiger partial charge < -0.3 is 5.73 Å². The van der Waals surface area contributed by atoms with Crippen molar-refractivity contribution in [3.63, 3.8) is 0 Å². The van der Waals surface area contributed by atoms with Gasteiger partial charge in [-0.05, 0) is 26.2 Å². The highest BCUT2D eigenvalue weighted by Crippen LogP contribution is 2.21. The van der Waals surface area contributed by atoms with Crippen LogP contribution in [0.3, 0.4) is 0 Å². The lowest BCUT2D eigenvalue weighted by atomic mass is 9.88. The predicted octanol–water partition coefficient (Wildman–Crippen LogP) is 1.37. The number of carbonyl (C=O) groups is 1. The third-order valence-electron chi connectivity index (χ3n) is 1.92. The molecular formula is C9H18N2O. The van der Waals surface area contributed by atoms with E-state index >= 15 is 0 Å². The first-order valence-electron chi connectivity index (χ1n) is 4.19. The summed E-state index contributed by atoms with van der Waals surface area (Å²) in [6.07, 6.45) is 1.96. The minimum atomic E-state index is -0.622. The highest BCUT2D eigenvalue weighted by molar-refractivity contribution is 5.87. The summed E-state index contributed by atoms with van der Waals surface area (Å²) >= 11 is 0. The van der Waals surface area contributed by atoms with Crippen LogP contribution in [0.15, 0.2) is 4.99 Å². The van der Waals surface area contributed by atoms with Gasteiger partial charge in [0.25, 0.3) is 0 Å². The van der Waals surface area contributed by atoms with Gasteiger partial charge in [-0.1, -0.05) is 13.8 Å². The van der Waals surface area contributed by atoms with E-state index in [1.54, 1.807) is 6.92 Å². The topological polar surface area (TPSA) is 55.5 Å². The molecule has 0 aliphatic rings. The van der Waals surface area contributed by atoms with Crippen molar-refractivity contribution in [1.82, 2.24) is 0 Å². The van der Waals surface area contributed by atoms with Crippen molar-refractivity contribution in [3.05, 3.63) is 0 Å². The number of ketones is 1. The molecule has 2 N–H and O–H groups in total. The molecule has 0 fully saturated rings. The Labute approximate surface area is 74.1 Å². The van der Waals surface area contributed by atoms with Crippen LogP contribution < -0.4 is 5.73 Å². The van der Waals surface area contributed by atoms with Crippen molar-refractivity contribution in [1.29, 1.82) is 0 Å². The van der Waals surface area contributed by atoms with Crippen molar-refractivity contribution in [3.8, 4) is 0 Å². The zero-order chi connectivity index (χ0) is 9.78. The molecule has 0 radical (unpaired) electrons. The summed E-state index contributed by atoms with van der Waals surface area (Å²) in [6, 6.07) is 0. The van der Waals surface area contributed by atoms with Crippen LogP contribution in [-0.2, 0) is 4.79 Å². The summed E-state index contributed by atoms with van der Waals surface area (Å²) in [5.74, 6) is 0.514. The van der Waals surface area contributed by atoms with Gasteiger partial charge in [-0.2, -0.15) is 0 Å². The Kier molecular flexibility index (Phi) is 3.93. The van der Waals surface area contributed by atoms with Crippen LogP contribution in [0.1, 0.15) is 34.1 Å². The Morgan fingerprint density at radius 3 is 2.42 bits per heavy atom. The normalized spacial score (nSPS) is 16.8. The summed E-state index contributed by atoms with van der Waals surface area (Å²) in [4.78, 5) is 15.2. The number of Topliss-reactive ketones (excluding diaryl/α,β-unsaturated/α-hetero) is 1. The van der Waals surface area contributed by atoms with Crippen LogP contribution in [0, 0.1) is 5.92 Å². The molecular weight excluding hydrogens is 152 g/mol. The number of aliphatic imine (C=N–C) groups is 1. The first-order chi connectivity index (χ1) is 5.42. The van der Waals surface area contributed by atoms with Crippen LogP contribution in [-0.4, -0.2) is 17.7 Å². The SMILES string of the molecule is CC(=O)C(C)(CC(C)C)N=CN. The smallest absolute Gasteiger partial charge is 0.157 e. The Morgan fingerprint density at radius 1 is 1.67 bits per heavy atom. The van der Waals surface area contributed by atoms with Gasteiger partial charge in [-0.3, -0.25) is 9.79 Å². The largest absolute Gasteiger partial charge is 0.390 e. The molecule has 0 saturated carbocycles. The van der Waals surface area contributed by atoms with Crippen LogP contribution in [0.25, 0.3) is 0 Å². The fraction of sp³-hybridized carbons (Fsp3) is 0.778. The Hall–Kier alpha value is -0.860. The van der Waals surface area contributed by atoms with E-state index in [-0.39, 0.29) is 5.78 Å². The molecule has 0 heterocycles. The van der Waals surface area contributed by atoms with Crippen molar-refractivity contribution < 1.29 is 4.79 Å². The molecule has 1 atom stereocenters. The number of carbonyl (C=O) groups excluding carboxylic acids is 1. The lowest BCUT2D eigenvalue weighted by molar-refractivity contribution is -0.121. The maximum atomic E-state index is 11.2. The van der Waals surface area contributed by atoms with E-state index in [2.05, 4.69) is 18.8 Å². The Balaban J connectivity index is 4.50. The number of nitrogens with two attached hydrogens (primary N) is 1. The summed E-state index contributed by atoms with van der Waals surface area (Å²) in [5.41, 5.74) is 4.56. The highest BCUT2D eigenvalue weighted by atomic mass is 16.1. The Bertz CT molecular complexity index is 187. The molecule has 0 aliphatic carbocycles. The fourth-order valence-electron chi connectivity index (χ4n) is 1.25. The molecule has 0 aliphatic heterocycles. The van der Waals surface area contributed by atoms with E-state index in [4.69, 9.17) is 5.73 Å². The van der Waals surface area contributed by atoms with E-state index in [9.17, 15) is 4.79 Å². The monoisotopic (exact) mass is 170 g/mol. The zero-order valence-electron chi connectivity index (χ0n) is 8.29. The number of hydrogen-bond donors (Lipinski definition) is 1. The van der Waals surface area contributed by atoms with Gasteiger partial charge in [0, 0.05) is 0 Å². The van der Waals surface area contributed by atoms with Gasteiger partial charge in [0.05, 0.1) is 6.34 Å². The maximum absolute atomic E-state index is 11.2. The highest BCUT2D eigenvalue weighted by Gasteiger charge is 2.28. The van der Waals surface area contributed by atoms with Crippen molar-refractivity contribution in [2.45, 2.75) is 39.7 Å². The van der Waals surface area contributed by atoms with Gasteiger partial charge in [0.15, 0.2) is 5.78 Å². The van der Waals surface area contributed by atoms with E-state index in [1.807, 2.05) is 6.92 Å². The van der Waals surface area contributed by atoms with Gasteiger partial charge >= 0.3 is 0 Å². The third-order valence-corrected chi connectivity index (χ3v) is 1.92. The maximum Gasteiger partial charge on any atom is 0.157 e. The lowest BCUT2D eigenvalue weighted by Crippen LogP contribution is -2.33. The van der Waals surface area contributed by atoms with E-state index in [0.717, 1.165) is 6.42 Å². The number of nitrogens with zero attached hydrogens (tertiary/aromatic N) is 1. The molecule has 12 heavy (non-hydrogen) atoms. The minimum absolute atomic E-state index is 0.0675. The summed E-state index contributed by atoms with van der Waals surface area (Å²) in [5, 5.41) is 0. The number of rotatable bonds is 4. The molecule has 3 heteroatoms. The molecule has 1 unspecified atom stereocenters. The van der Waals surface area contributed by atoms with Crippen molar-refractivity contribution in [2.75, 3.05) is 0 Å². The third kappa shape index (κ3) is 3.03. The Morgan fingerprint density at radius 2 is 2.17 bits per heavy atom. The van der Waals surface area contributed by atoms with Crippen LogP contribution in [0.2, 0.25) is 0 Å². The van der Waals surface area contributed by atoms with Crippen LogP contribution in [0.4, 0.5) is 0 Å². The minimum Gasteiger partial charge on any atom is -0.390 e. The molecule has 0 saturated heterocycles. The second-order valence-corrected chi connectivity index (χ2v) is 3.71. The summed E-state index contributed by atoms with van der Waals surface area (Å²) in [6.45, 7) is 7.49. The second kappa shape index (κ2) is 4.24. The number of hydrogen-bond acceptors (Lipinski definition) is 2. The van der Waals surface area contributed by atoms with Gasteiger partial charge in [0.2, 0.25) is 0 Å². The fourth-order valence-corrected chi connectivity index (χ4v) is 1.25. The van der Waals surface area contributed by atoms with Crippen LogP contribution in [0.5, 0.6) is 0 Å². The summed E-state index contributed by atoms with van der Waals surface area (Å²) < 4.78 is 0. The van der Waals surface area contributed by atoms with Crippen LogP contribution >= 0.6 is 0 Å². The molecule has 70 valence electrons. The standard InChI is InChI=1S/C9H18N2O/c1-7(2)5-9(4,8(3)12)11-6-10/h6-7H,5H2,1-4H3,(H2,10,11). The molecule has 0 aromatic rings. The summed E-state index contributed by atoms with van der Waals surface area (Å²) in [7, 11) is 0. The van der Waals surface area contributed by atoms with E-state index < -0.39 is 5.54 Å². The average molecular weight is 170 g/mol. The molecule has 0 rings (SSSR count). The van der Waals surface area contributed by atoms with E-state index in [1.165, 1.54) is 6.34 Å². The average Bonchev–Trinajstić information content (AvgIpc) is 1.85. The quantitative estimate of drug-likeness (QED) is 0.511. The predicted molar refractivity (Wildman–Crippen MR) is 51.2 cm³/mol. The molecule has 0 aromatic carbocycles. The molecule has 0 bridgehead atoms. The molecule has 0 aromatic heterocycles. The van der Waals surface area contributed by atoms with Gasteiger partial charge in [-0.15, -0.1) is 0 Å². The molecule has 0 spiro atoms. The van der Waals surface area contributed by atoms with Gasteiger partial charge in [0.1, 0.15) is 5.54 Å². The van der Waals surface area contributed by atoms with E-state index in [0.29, 0.717) is 5.92 Å². The van der Waals surface area contributed by atoms with Gasteiger partial charge in [-0.25, -0.2) is 0 Å². The molecule has 3 nitrogen and oxygen atoms in total.